The number of hydrogen-bond donors (Lipinski definition) is 2. The largest absolute Gasteiger partial charge is 0.494 e. The quantitative estimate of drug-likeness (QED) is 0.562. The monoisotopic (exact) mass is 401 g/mol. The average molecular weight is 402 g/mol. The van der Waals surface area contributed by atoms with E-state index >= 15 is 0 Å². The van der Waals surface area contributed by atoms with Crippen LogP contribution in [0.2, 0.25) is 5.02 Å². The second-order valence-electron chi connectivity index (χ2n) is 5.75. The lowest BCUT2D eigenvalue weighted by Crippen LogP contribution is -2.25. The molecule has 0 spiro atoms. The highest BCUT2D eigenvalue weighted by atomic mass is 35.5. The highest BCUT2D eigenvalue weighted by molar-refractivity contribution is 7.14. The zero-order valence-electron chi connectivity index (χ0n) is 14.9. The maximum absolute atomic E-state index is 12.2. The SMILES string of the molecule is CCOc1ccc(Nc2nc(C(=O)NCCc3ccc(Cl)cc3)cs2)cc1. The number of halogens is 1. The smallest absolute Gasteiger partial charge is 0.270 e. The summed E-state index contributed by atoms with van der Waals surface area (Å²) in [5, 5.41) is 9.20. The summed E-state index contributed by atoms with van der Waals surface area (Å²) in [5.41, 5.74) is 2.42. The molecule has 2 N–H and O–H groups in total. The molecule has 0 radical (unpaired) electrons. The minimum absolute atomic E-state index is 0.181. The highest BCUT2D eigenvalue weighted by Crippen LogP contribution is 2.23. The van der Waals surface area contributed by atoms with Crippen LogP contribution in [0.15, 0.2) is 53.9 Å². The molecular formula is C20H20ClN3O2S. The molecule has 0 saturated heterocycles. The van der Waals surface area contributed by atoms with Gasteiger partial charge >= 0.3 is 0 Å². The number of thiazole rings is 1. The molecule has 0 atom stereocenters. The molecule has 0 aliphatic heterocycles. The first-order valence-electron chi connectivity index (χ1n) is 8.62. The molecule has 2 aromatic carbocycles. The summed E-state index contributed by atoms with van der Waals surface area (Å²) in [6.07, 6.45) is 0.740. The summed E-state index contributed by atoms with van der Waals surface area (Å²) < 4.78 is 5.42. The zero-order valence-corrected chi connectivity index (χ0v) is 16.4. The van der Waals surface area contributed by atoms with E-state index in [1.165, 1.54) is 11.3 Å². The van der Waals surface area contributed by atoms with E-state index in [1.807, 2.05) is 55.5 Å². The standard InChI is InChI=1S/C20H20ClN3O2S/c1-2-26-17-9-7-16(8-10-17)23-20-24-18(13-27-20)19(25)22-12-11-14-3-5-15(21)6-4-14/h3-10,13H,2,11-12H2,1H3,(H,22,25)(H,23,24). The molecule has 3 aromatic rings. The molecule has 140 valence electrons. The Balaban J connectivity index is 1.50. The van der Waals surface area contributed by atoms with Gasteiger partial charge in [-0.25, -0.2) is 4.98 Å². The van der Waals surface area contributed by atoms with Gasteiger partial charge in [-0.2, -0.15) is 0 Å². The maximum atomic E-state index is 12.2. The van der Waals surface area contributed by atoms with E-state index < -0.39 is 0 Å². The minimum atomic E-state index is -0.181. The van der Waals surface area contributed by atoms with Crippen molar-refractivity contribution < 1.29 is 9.53 Å². The Hall–Kier alpha value is -2.57. The average Bonchev–Trinajstić information content (AvgIpc) is 3.14. The lowest BCUT2D eigenvalue weighted by molar-refractivity contribution is 0.0950. The number of carbonyl (C=O) groups excluding carboxylic acids is 1. The normalized spacial score (nSPS) is 10.4. The fourth-order valence-corrected chi connectivity index (χ4v) is 3.26. The Labute approximate surface area is 167 Å². The number of amides is 1. The van der Waals surface area contributed by atoms with Crippen LogP contribution in [0.25, 0.3) is 0 Å². The summed E-state index contributed by atoms with van der Waals surface area (Å²) in [7, 11) is 0. The van der Waals surface area contributed by atoms with Crippen molar-refractivity contribution in [3.05, 3.63) is 70.2 Å². The van der Waals surface area contributed by atoms with Crippen molar-refractivity contribution in [2.75, 3.05) is 18.5 Å². The predicted molar refractivity (Wildman–Crippen MR) is 110 cm³/mol. The third-order valence-corrected chi connectivity index (χ3v) is 4.78. The van der Waals surface area contributed by atoms with E-state index in [2.05, 4.69) is 15.6 Å². The number of ether oxygens (including phenoxy) is 1. The fourth-order valence-electron chi connectivity index (χ4n) is 2.42. The molecule has 0 saturated carbocycles. The van der Waals surface area contributed by atoms with E-state index in [1.54, 1.807) is 5.38 Å². The lowest BCUT2D eigenvalue weighted by atomic mass is 10.1. The summed E-state index contributed by atoms with van der Waals surface area (Å²) >= 11 is 7.26. The predicted octanol–water partition coefficient (Wildman–Crippen LogP) is 4.91. The third kappa shape index (κ3) is 5.70. The second-order valence-corrected chi connectivity index (χ2v) is 7.05. The molecule has 5 nitrogen and oxygen atoms in total. The summed E-state index contributed by atoms with van der Waals surface area (Å²) in [5.74, 6) is 0.642. The third-order valence-electron chi connectivity index (χ3n) is 3.77. The molecule has 7 heteroatoms. The van der Waals surface area contributed by atoms with Gasteiger partial charge in [0.1, 0.15) is 11.4 Å². The highest BCUT2D eigenvalue weighted by Gasteiger charge is 2.10. The van der Waals surface area contributed by atoms with Gasteiger partial charge < -0.3 is 15.4 Å². The van der Waals surface area contributed by atoms with Gasteiger partial charge in [-0.05, 0) is 55.3 Å². The molecule has 0 bridgehead atoms. The van der Waals surface area contributed by atoms with Crippen molar-refractivity contribution in [1.82, 2.24) is 10.3 Å². The number of anilines is 2. The molecule has 1 heterocycles. The molecule has 0 aliphatic rings. The van der Waals surface area contributed by atoms with Crippen molar-refractivity contribution in [2.24, 2.45) is 0 Å². The first-order chi connectivity index (χ1) is 13.1. The van der Waals surface area contributed by atoms with Crippen LogP contribution in [0.4, 0.5) is 10.8 Å². The van der Waals surface area contributed by atoms with Crippen molar-refractivity contribution in [1.29, 1.82) is 0 Å². The Bertz CT molecular complexity index is 879. The van der Waals surface area contributed by atoms with Gasteiger partial charge in [0, 0.05) is 22.6 Å². The van der Waals surface area contributed by atoms with Crippen molar-refractivity contribution in [2.45, 2.75) is 13.3 Å². The number of hydrogen-bond acceptors (Lipinski definition) is 5. The Morgan fingerprint density at radius 1 is 1.15 bits per heavy atom. The van der Waals surface area contributed by atoms with E-state index in [-0.39, 0.29) is 5.91 Å². The van der Waals surface area contributed by atoms with Crippen LogP contribution in [0.3, 0.4) is 0 Å². The van der Waals surface area contributed by atoms with Gasteiger partial charge in [0.2, 0.25) is 0 Å². The van der Waals surface area contributed by atoms with Crippen LogP contribution in [0.1, 0.15) is 23.0 Å². The van der Waals surface area contributed by atoms with Crippen LogP contribution in [-0.4, -0.2) is 24.0 Å². The number of nitrogens with zero attached hydrogens (tertiary/aromatic N) is 1. The number of rotatable bonds is 8. The van der Waals surface area contributed by atoms with E-state index in [0.29, 0.717) is 29.0 Å². The zero-order chi connectivity index (χ0) is 19.1. The Kier molecular flexibility index (Phi) is 6.68. The van der Waals surface area contributed by atoms with E-state index in [0.717, 1.165) is 23.4 Å². The Morgan fingerprint density at radius 3 is 2.59 bits per heavy atom. The molecule has 1 aromatic heterocycles. The molecule has 0 unspecified atom stereocenters. The first kappa shape index (κ1) is 19.2. The number of benzene rings is 2. The van der Waals surface area contributed by atoms with Gasteiger partial charge in [0.05, 0.1) is 6.61 Å². The van der Waals surface area contributed by atoms with Crippen LogP contribution >= 0.6 is 22.9 Å². The van der Waals surface area contributed by atoms with Gasteiger partial charge in [0.15, 0.2) is 5.13 Å². The number of nitrogens with one attached hydrogen (secondary N) is 2. The molecule has 1 amide bonds. The van der Waals surface area contributed by atoms with Gasteiger partial charge in [0.25, 0.3) is 5.91 Å². The van der Waals surface area contributed by atoms with E-state index in [9.17, 15) is 4.79 Å². The summed E-state index contributed by atoms with van der Waals surface area (Å²) in [6, 6.07) is 15.2. The van der Waals surface area contributed by atoms with Crippen LogP contribution < -0.4 is 15.4 Å². The minimum Gasteiger partial charge on any atom is -0.494 e. The maximum Gasteiger partial charge on any atom is 0.270 e. The van der Waals surface area contributed by atoms with Crippen molar-refractivity contribution in [3.63, 3.8) is 0 Å². The van der Waals surface area contributed by atoms with Crippen LogP contribution in [0, 0.1) is 0 Å². The fraction of sp³-hybridized carbons (Fsp3) is 0.200. The van der Waals surface area contributed by atoms with Gasteiger partial charge in [-0.1, -0.05) is 23.7 Å². The number of aromatic nitrogens is 1. The summed E-state index contributed by atoms with van der Waals surface area (Å²) in [4.78, 5) is 16.6. The van der Waals surface area contributed by atoms with E-state index in [4.69, 9.17) is 16.3 Å². The topological polar surface area (TPSA) is 63.2 Å². The molecular weight excluding hydrogens is 382 g/mol. The van der Waals surface area contributed by atoms with Gasteiger partial charge in [-0.3, -0.25) is 4.79 Å². The second kappa shape index (κ2) is 9.39. The van der Waals surface area contributed by atoms with Crippen LogP contribution in [-0.2, 0) is 6.42 Å². The van der Waals surface area contributed by atoms with Crippen molar-refractivity contribution in [3.8, 4) is 5.75 Å². The first-order valence-corrected chi connectivity index (χ1v) is 9.88. The molecule has 0 fully saturated rings. The molecule has 3 rings (SSSR count). The van der Waals surface area contributed by atoms with Crippen molar-refractivity contribution >= 4 is 39.7 Å². The summed E-state index contributed by atoms with van der Waals surface area (Å²) in [6.45, 7) is 3.12. The lowest BCUT2D eigenvalue weighted by Gasteiger charge is -2.05. The van der Waals surface area contributed by atoms with Gasteiger partial charge in [-0.15, -0.1) is 11.3 Å². The molecule has 27 heavy (non-hydrogen) atoms. The van der Waals surface area contributed by atoms with Crippen LogP contribution in [0.5, 0.6) is 5.75 Å². The number of carbonyl (C=O) groups is 1. The molecule has 0 aliphatic carbocycles. The Morgan fingerprint density at radius 2 is 1.89 bits per heavy atom.